The Morgan fingerprint density at radius 2 is 1.74 bits per heavy atom. The summed E-state index contributed by atoms with van der Waals surface area (Å²) >= 11 is 0. The zero-order valence-corrected chi connectivity index (χ0v) is 19.1. The Labute approximate surface area is 170 Å². The summed E-state index contributed by atoms with van der Waals surface area (Å²) in [5.74, 6) is 1.92. The van der Waals surface area contributed by atoms with Gasteiger partial charge in [0.25, 0.3) is 0 Å². The molecule has 2 aliphatic carbocycles. The molecule has 1 heteroatoms. The SMILES string of the molecule is C#C.C=CC1C(=C)C(C)(CCC)C(CC)CC2CCC(C)=C1C2(C)C.CO. The van der Waals surface area contributed by atoms with Crippen LogP contribution in [0.4, 0.5) is 0 Å². The standard InChI is InChI=1S/C23H38.C2H2.CH4O/c1-9-14-23(8)17(5)20(11-3)21-16(4)12-13-19(22(21,6)7)15-18(23)10-2;2*1-2/h11,18-20H,3,5,9-10,12-15H2,1-2,4,6-8H3;1-2H;2H,1H3. The van der Waals surface area contributed by atoms with Gasteiger partial charge in [0, 0.05) is 13.0 Å². The number of rotatable bonds is 4. The molecule has 2 aliphatic rings. The maximum absolute atomic E-state index is 7.00. The Balaban J connectivity index is 0.00000158. The second kappa shape index (κ2) is 10.9. The van der Waals surface area contributed by atoms with Crippen molar-refractivity contribution in [1.29, 1.82) is 0 Å². The van der Waals surface area contributed by atoms with Crippen LogP contribution in [-0.4, -0.2) is 12.2 Å². The summed E-state index contributed by atoms with van der Waals surface area (Å²) in [6, 6.07) is 0. The van der Waals surface area contributed by atoms with Gasteiger partial charge in [-0.15, -0.1) is 19.4 Å². The van der Waals surface area contributed by atoms with Crippen molar-refractivity contribution >= 4 is 0 Å². The third kappa shape index (κ3) is 4.78. The molecule has 1 fully saturated rings. The maximum Gasteiger partial charge on any atom is 0.0319 e. The van der Waals surface area contributed by atoms with E-state index >= 15 is 0 Å². The van der Waals surface area contributed by atoms with Crippen molar-refractivity contribution in [3.63, 3.8) is 0 Å². The summed E-state index contributed by atoms with van der Waals surface area (Å²) in [4.78, 5) is 0. The van der Waals surface area contributed by atoms with E-state index in [4.69, 9.17) is 5.11 Å². The fourth-order valence-electron chi connectivity index (χ4n) is 5.89. The van der Waals surface area contributed by atoms with Crippen molar-refractivity contribution in [2.75, 3.05) is 7.11 Å². The third-order valence-electron chi connectivity index (χ3n) is 7.43. The van der Waals surface area contributed by atoms with Crippen LogP contribution in [0, 0.1) is 41.4 Å². The van der Waals surface area contributed by atoms with Crippen LogP contribution in [0.1, 0.15) is 80.1 Å². The van der Waals surface area contributed by atoms with Gasteiger partial charge in [-0.3, -0.25) is 0 Å². The van der Waals surface area contributed by atoms with E-state index < -0.39 is 0 Å². The highest BCUT2D eigenvalue weighted by atomic mass is 16.2. The predicted octanol–water partition coefficient (Wildman–Crippen LogP) is 7.19. The highest BCUT2D eigenvalue weighted by Crippen LogP contribution is 2.59. The number of hydrogen-bond donors (Lipinski definition) is 1. The molecule has 27 heavy (non-hydrogen) atoms. The summed E-state index contributed by atoms with van der Waals surface area (Å²) in [5, 5.41) is 7.00. The number of hydrogen-bond acceptors (Lipinski definition) is 1. The molecule has 0 amide bonds. The van der Waals surface area contributed by atoms with Gasteiger partial charge in [-0.1, -0.05) is 76.8 Å². The molecule has 2 rings (SSSR count). The summed E-state index contributed by atoms with van der Waals surface area (Å²) in [6.07, 6.45) is 17.9. The molecule has 0 aliphatic heterocycles. The first kappa shape index (κ1) is 25.7. The lowest BCUT2D eigenvalue weighted by atomic mass is 9.51. The summed E-state index contributed by atoms with van der Waals surface area (Å²) in [7, 11) is 1.00. The minimum absolute atomic E-state index is 0.250. The van der Waals surface area contributed by atoms with E-state index in [0.717, 1.165) is 18.9 Å². The Morgan fingerprint density at radius 3 is 2.19 bits per heavy atom. The number of allylic oxidation sites excluding steroid dienone is 4. The topological polar surface area (TPSA) is 20.2 Å². The molecule has 0 aromatic rings. The van der Waals surface area contributed by atoms with Crippen LogP contribution in [0.25, 0.3) is 0 Å². The van der Waals surface area contributed by atoms with Gasteiger partial charge in [0.2, 0.25) is 0 Å². The van der Waals surface area contributed by atoms with Gasteiger partial charge in [-0.2, -0.15) is 0 Å². The first-order chi connectivity index (χ1) is 12.7. The van der Waals surface area contributed by atoms with Crippen molar-refractivity contribution in [2.24, 2.45) is 28.6 Å². The molecule has 0 spiro atoms. The smallest absolute Gasteiger partial charge is 0.0319 e. The van der Waals surface area contributed by atoms with Gasteiger partial charge in [0.15, 0.2) is 0 Å². The van der Waals surface area contributed by atoms with Crippen LogP contribution < -0.4 is 0 Å². The monoisotopic (exact) mass is 372 g/mol. The molecule has 0 heterocycles. The average Bonchev–Trinajstić information content (AvgIpc) is 2.66. The van der Waals surface area contributed by atoms with Gasteiger partial charge in [0.05, 0.1) is 0 Å². The largest absolute Gasteiger partial charge is 0.400 e. The number of aliphatic hydroxyl groups excluding tert-OH is 1. The Hall–Kier alpha value is -1.26. The van der Waals surface area contributed by atoms with Crippen LogP contribution in [-0.2, 0) is 0 Å². The van der Waals surface area contributed by atoms with E-state index in [2.05, 4.69) is 73.6 Å². The van der Waals surface area contributed by atoms with Crippen LogP contribution >= 0.6 is 0 Å². The molecule has 1 saturated carbocycles. The van der Waals surface area contributed by atoms with E-state index in [9.17, 15) is 0 Å². The van der Waals surface area contributed by atoms with Crippen molar-refractivity contribution in [2.45, 2.75) is 80.1 Å². The van der Waals surface area contributed by atoms with Crippen molar-refractivity contribution < 1.29 is 5.11 Å². The molecule has 4 unspecified atom stereocenters. The minimum atomic E-state index is 0.250. The fourth-order valence-corrected chi connectivity index (χ4v) is 5.89. The average molecular weight is 373 g/mol. The molecule has 0 aromatic heterocycles. The molecular formula is C26H44O. The fraction of sp³-hybridized carbons (Fsp3) is 0.692. The van der Waals surface area contributed by atoms with Crippen LogP contribution in [0.15, 0.2) is 36.0 Å². The van der Waals surface area contributed by atoms with Crippen molar-refractivity contribution in [3.05, 3.63) is 36.0 Å². The van der Waals surface area contributed by atoms with Gasteiger partial charge in [-0.05, 0) is 55.3 Å². The van der Waals surface area contributed by atoms with Gasteiger partial charge in [-0.25, -0.2) is 0 Å². The quantitative estimate of drug-likeness (QED) is 0.409. The molecule has 0 radical (unpaired) electrons. The normalized spacial score (nSPS) is 32.1. The summed E-state index contributed by atoms with van der Waals surface area (Å²) in [5.41, 5.74) is 5.21. The van der Waals surface area contributed by atoms with Gasteiger partial charge < -0.3 is 5.11 Å². The van der Waals surface area contributed by atoms with Crippen LogP contribution in [0.5, 0.6) is 0 Å². The Kier molecular flexibility index (Phi) is 10.4. The van der Waals surface area contributed by atoms with Gasteiger partial charge >= 0.3 is 0 Å². The maximum atomic E-state index is 7.00. The molecule has 1 nitrogen and oxygen atoms in total. The Bertz CT molecular complexity index is 548. The van der Waals surface area contributed by atoms with Gasteiger partial charge in [0.1, 0.15) is 0 Å². The van der Waals surface area contributed by atoms with Crippen LogP contribution in [0.3, 0.4) is 0 Å². The summed E-state index contributed by atoms with van der Waals surface area (Å²) < 4.78 is 0. The predicted molar refractivity (Wildman–Crippen MR) is 121 cm³/mol. The lowest BCUT2D eigenvalue weighted by molar-refractivity contribution is 0.0904. The molecule has 1 N–H and O–H groups in total. The molecule has 0 saturated heterocycles. The van der Waals surface area contributed by atoms with E-state index in [0.29, 0.717) is 5.92 Å². The van der Waals surface area contributed by atoms with E-state index in [-0.39, 0.29) is 10.8 Å². The number of fused-ring (bicyclic) bond motifs is 2. The van der Waals surface area contributed by atoms with E-state index in [1.807, 2.05) is 0 Å². The highest BCUT2D eigenvalue weighted by Gasteiger charge is 2.49. The van der Waals surface area contributed by atoms with Crippen molar-refractivity contribution in [1.82, 2.24) is 0 Å². The zero-order valence-electron chi connectivity index (χ0n) is 19.1. The third-order valence-corrected chi connectivity index (χ3v) is 7.43. The Morgan fingerprint density at radius 1 is 1.19 bits per heavy atom. The molecule has 2 bridgehead atoms. The first-order valence-electron chi connectivity index (χ1n) is 10.5. The van der Waals surface area contributed by atoms with Crippen LogP contribution in [0.2, 0.25) is 0 Å². The first-order valence-corrected chi connectivity index (χ1v) is 10.5. The second-order valence-electron chi connectivity index (χ2n) is 8.90. The van der Waals surface area contributed by atoms with E-state index in [1.54, 1.807) is 11.1 Å². The van der Waals surface area contributed by atoms with Crippen molar-refractivity contribution in [3.8, 4) is 12.8 Å². The molecule has 4 atom stereocenters. The molecule has 154 valence electrons. The summed E-state index contributed by atoms with van der Waals surface area (Å²) in [6.45, 7) is 23.4. The number of aliphatic hydroxyl groups is 1. The molecular weight excluding hydrogens is 328 g/mol. The lowest BCUT2D eigenvalue weighted by Gasteiger charge is -2.53. The van der Waals surface area contributed by atoms with E-state index in [1.165, 1.54) is 44.1 Å². The number of terminal acetylenes is 1. The second-order valence-corrected chi connectivity index (χ2v) is 8.90. The minimum Gasteiger partial charge on any atom is -0.400 e. The highest BCUT2D eigenvalue weighted by molar-refractivity contribution is 5.39. The lowest BCUT2D eigenvalue weighted by Crippen LogP contribution is -2.43. The zero-order chi connectivity index (χ0) is 21.4. The molecule has 0 aromatic carbocycles.